The minimum Gasteiger partial charge on any atom is -1.00 e. The average molecular weight is 669 g/mol. The van der Waals surface area contributed by atoms with Crippen LogP contribution in [0, 0.1) is 0 Å². The van der Waals surface area contributed by atoms with E-state index in [1.54, 1.807) is 0 Å². The van der Waals surface area contributed by atoms with E-state index in [1.165, 1.54) is 63.3 Å². The first-order valence-electron chi connectivity index (χ1n) is 13.2. The molecule has 0 radical (unpaired) electrons. The van der Waals surface area contributed by atoms with Crippen molar-refractivity contribution in [2.45, 2.75) is 53.4 Å². The minimum absolute atomic E-state index is 0. The molecule has 0 atom stereocenters. The van der Waals surface area contributed by atoms with Gasteiger partial charge in [0.1, 0.15) is 0 Å². The van der Waals surface area contributed by atoms with Gasteiger partial charge in [-0.05, 0) is 45.2 Å². The number of aryl methyl sites for hydroxylation is 4. The quantitative estimate of drug-likeness (QED) is 0.223. The molecule has 5 heteroatoms. The predicted octanol–water partition coefficient (Wildman–Crippen LogP) is 4.83. The average Bonchev–Trinajstić information content (AvgIpc) is 3.72. The molecule has 200 valence electrons. The Balaban J connectivity index is 0.000000254. The third-order valence-electron chi connectivity index (χ3n) is 7.03. The summed E-state index contributed by atoms with van der Waals surface area (Å²) in [6.45, 7) is 8.88. The summed E-state index contributed by atoms with van der Waals surface area (Å²) in [6, 6.07) is 31.6. The van der Waals surface area contributed by atoms with Crippen molar-refractivity contribution in [3.8, 4) is 20.9 Å². The SMILES string of the molecule is CCc1ccc(-c2cc3c(CC)cccc3[cH-]2)s1.CCc1ccc(-c2cc3c(CC)cccc3[cH-]2)s1.[Cl-].[Cl-].[Zr+4]. The zero-order chi connectivity index (χ0) is 25.1. The molecule has 2 aromatic heterocycles. The second-order valence-corrected chi connectivity index (χ2v) is 11.6. The molecule has 0 fully saturated rings. The molecule has 0 aliphatic heterocycles. The number of fused-ring (bicyclic) bond motifs is 2. The van der Waals surface area contributed by atoms with Crippen LogP contribution in [0.4, 0.5) is 0 Å². The fourth-order valence-corrected chi connectivity index (χ4v) is 6.82. The van der Waals surface area contributed by atoms with Gasteiger partial charge in [0, 0.05) is 0 Å². The van der Waals surface area contributed by atoms with Crippen LogP contribution >= 0.6 is 22.7 Å². The van der Waals surface area contributed by atoms with Gasteiger partial charge >= 0.3 is 26.2 Å². The molecule has 0 N–H and O–H groups in total. The summed E-state index contributed by atoms with van der Waals surface area (Å²) in [5.41, 5.74) is 5.64. The minimum atomic E-state index is 0. The zero-order valence-electron chi connectivity index (χ0n) is 23.0. The van der Waals surface area contributed by atoms with Crippen molar-refractivity contribution in [1.29, 1.82) is 0 Å². The zero-order valence-corrected chi connectivity index (χ0v) is 28.6. The second-order valence-electron chi connectivity index (χ2n) is 9.27. The molecule has 0 nitrogen and oxygen atoms in total. The van der Waals surface area contributed by atoms with Gasteiger partial charge in [-0.1, -0.05) is 87.4 Å². The van der Waals surface area contributed by atoms with Gasteiger partial charge in [0.05, 0.1) is 0 Å². The first kappa shape index (κ1) is 33.7. The Morgan fingerprint density at radius 2 is 0.949 bits per heavy atom. The summed E-state index contributed by atoms with van der Waals surface area (Å²) in [6.07, 6.45) is 4.47. The number of benzene rings is 2. The summed E-state index contributed by atoms with van der Waals surface area (Å²) < 4.78 is 0. The van der Waals surface area contributed by atoms with E-state index in [4.69, 9.17) is 0 Å². The van der Waals surface area contributed by atoms with Crippen LogP contribution in [0.5, 0.6) is 0 Å². The van der Waals surface area contributed by atoms with Crippen molar-refractivity contribution in [3.63, 3.8) is 0 Å². The van der Waals surface area contributed by atoms with Crippen molar-refractivity contribution in [3.05, 3.63) is 106 Å². The Bertz CT molecular complexity index is 1480. The first-order valence-corrected chi connectivity index (χ1v) is 14.8. The second kappa shape index (κ2) is 15.5. The fraction of sp³-hybridized carbons (Fsp3) is 0.235. The molecular weight excluding hydrogens is 635 g/mol. The Morgan fingerprint density at radius 3 is 1.28 bits per heavy atom. The fourth-order valence-electron chi connectivity index (χ4n) is 4.95. The van der Waals surface area contributed by atoms with Crippen LogP contribution in [-0.2, 0) is 51.9 Å². The standard InChI is InChI=1S/2C17H17S.2ClH.Zr/c2*1-3-12-6-5-7-13-10-14(11-16(12)13)17-9-8-15(4-2)18-17;;;/h2*5-11H,3-4H2,1-2H3;2*1H;/q2*-1;;;+4/p-2. The summed E-state index contributed by atoms with van der Waals surface area (Å²) in [5, 5.41) is 5.58. The van der Waals surface area contributed by atoms with Crippen LogP contribution in [0.1, 0.15) is 48.6 Å². The Kier molecular flexibility index (Phi) is 13.4. The third-order valence-corrected chi connectivity index (χ3v) is 9.59. The molecule has 0 unspecified atom stereocenters. The van der Waals surface area contributed by atoms with Gasteiger partial charge in [-0.25, -0.2) is 0 Å². The first-order chi connectivity index (χ1) is 17.6. The maximum Gasteiger partial charge on any atom is 4.00 e. The largest absolute Gasteiger partial charge is 4.00 e. The summed E-state index contributed by atoms with van der Waals surface area (Å²) >= 11 is 3.83. The van der Waals surface area contributed by atoms with E-state index in [0.717, 1.165) is 25.7 Å². The van der Waals surface area contributed by atoms with Crippen LogP contribution in [0.25, 0.3) is 42.4 Å². The van der Waals surface area contributed by atoms with E-state index in [-0.39, 0.29) is 51.0 Å². The van der Waals surface area contributed by atoms with Crippen LogP contribution in [-0.4, -0.2) is 0 Å². The summed E-state index contributed by atoms with van der Waals surface area (Å²) in [7, 11) is 0. The predicted molar refractivity (Wildman–Crippen MR) is 163 cm³/mol. The monoisotopic (exact) mass is 666 g/mol. The number of halogens is 2. The van der Waals surface area contributed by atoms with Gasteiger partial charge in [0.15, 0.2) is 0 Å². The molecule has 4 aromatic carbocycles. The normalized spacial score (nSPS) is 10.4. The van der Waals surface area contributed by atoms with E-state index >= 15 is 0 Å². The van der Waals surface area contributed by atoms with Crippen molar-refractivity contribution in [1.82, 2.24) is 0 Å². The van der Waals surface area contributed by atoms with Crippen LogP contribution in [0.2, 0.25) is 0 Å². The van der Waals surface area contributed by atoms with Crippen LogP contribution in [0.15, 0.2) is 84.9 Å². The molecule has 0 bridgehead atoms. The molecule has 0 saturated carbocycles. The third kappa shape index (κ3) is 7.43. The van der Waals surface area contributed by atoms with E-state index in [9.17, 15) is 0 Å². The Morgan fingerprint density at radius 1 is 0.538 bits per heavy atom. The molecule has 0 spiro atoms. The maximum atomic E-state index is 2.35. The smallest absolute Gasteiger partial charge is 1.00 e. The molecule has 0 amide bonds. The van der Waals surface area contributed by atoms with Crippen molar-refractivity contribution >= 4 is 44.2 Å². The number of rotatable bonds is 6. The van der Waals surface area contributed by atoms with E-state index < -0.39 is 0 Å². The van der Waals surface area contributed by atoms with Gasteiger partial charge < -0.3 is 24.8 Å². The molecule has 0 aliphatic rings. The van der Waals surface area contributed by atoms with Gasteiger partial charge in [0.25, 0.3) is 0 Å². The van der Waals surface area contributed by atoms with Gasteiger partial charge in [0.2, 0.25) is 0 Å². The van der Waals surface area contributed by atoms with Gasteiger partial charge in [-0.2, -0.15) is 22.7 Å². The Hall–Kier alpha value is -1.48. The van der Waals surface area contributed by atoms with E-state index in [2.05, 4.69) is 113 Å². The molecule has 0 saturated heterocycles. The van der Waals surface area contributed by atoms with Gasteiger partial charge in [-0.3, -0.25) is 0 Å². The van der Waals surface area contributed by atoms with Crippen molar-refractivity contribution < 1.29 is 51.0 Å². The van der Waals surface area contributed by atoms with Crippen molar-refractivity contribution in [2.75, 3.05) is 0 Å². The van der Waals surface area contributed by atoms with E-state index in [1.807, 2.05) is 22.7 Å². The molecule has 0 aliphatic carbocycles. The topological polar surface area (TPSA) is 0 Å². The maximum absolute atomic E-state index is 2.35. The van der Waals surface area contributed by atoms with Crippen LogP contribution in [0.3, 0.4) is 0 Å². The van der Waals surface area contributed by atoms with Crippen molar-refractivity contribution in [2.24, 2.45) is 0 Å². The van der Waals surface area contributed by atoms with Crippen LogP contribution < -0.4 is 24.8 Å². The summed E-state index contributed by atoms with van der Waals surface area (Å²) in [5.74, 6) is 0. The molecule has 39 heavy (non-hydrogen) atoms. The summed E-state index contributed by atoms with van der Waals surface area (Å²) in [4.78, 5) is 5.71. The molecule has 6 rings (SSSR count). The number of hydrogen-bond acceptors (Lipinski definition) is 2. The van der Waals surface area contributed by atoms with E-state index in [0.29, 0.717) is 0 Å². The number of hydrogen-bond donors (Lipinski definition) is 0. The van der Waals surface area contributed by atoms with Gasteiger partial charge in [-0.15, -0.1) is 69.1 Å². The molecular formula is C34H34Cl2S2Zr. The molecule has 2 heterocycles. The number of thiophene rings is 2. The molecule has 6 aromatic rings. The Labute approximate surface area is 273 Å².